The summed E-state index contributed by atoms with van der Waals surface area (Å²) >= 11 is 0. The van der Waals surface area contributed by atoms with E-state index in [1.165, 1.54) is 0 Å². The average Bonchev–Trinajstić information content (AvgIpc) is 3.36. The van der Waals surface area contributed by atoms with Crippen molar-refractivity contribution in [1.29, 1.82) is 0 Å². The zero-order valence-corrected chi connectivity index (χ0v) is 28.2. The van der Waals surface area contributed by atoms with Gasteiger partial charge in [-0.15, -0.1) is 0 Å². The fourth-order valence-corrected chi connectivity index (χ4v) is 6.27. The summed E-state index contributed by atoms with van der Waals surface area (Å²) in [6, 6.07) is 8.15. The number of benzene rings is 1. The molecule has 3 aliphatic rings. The molecule has 3 atom stereocenters. The van der Waals surface area contributed by atoms with Crippen LogP contribution in [0.3, 0.4) is 0 Å². The summed E-state index contributed by atoms with van der Waals surface area (Å²) in [5.41, 5.74) is 3.66. The lowest BCUT2D eigenvalue weighted by Gasteiger charge is -2.41. The first-order valence-electron chi connectivity index (χ1n) is 16.3. The Hall–Kier alpha value is -3.21. The third-order valence-corrected chi connectivity index (χ3v) is 8.81. The van der Waals surface area contributed by atoms with Crippen LogP contribution in [-0.2, 0) is 25.6 Å². The summed E-state index contributed by atoms with van der Waals surface area (Å²) in [6.45, 7) is 18.2. The number of aromatic nitrogens is 3. The molecule has 3 aromatic rings. The van der Waals surface area contributed by atoms with E-state index in [1.807, 2.05) is 40.7 Å². The Kier molecular flexibility index (Phi) is 9.77. The van der Waals surface area contributed by atoms with Crippen molar-refractivity contribution in [3.63, 3.8) is 0 Å². The van der Waals surface area contributed by atoms with Crippen LogP contribution in [0, 0.1) is 13.8 Å². The lowest BCUT2D eigenvalue weighted by Crippen LogP contribution is -2.46. The van der Waals surface area contributed by atoms with Gasteiger partial charge in [0.1, 0.15) is 11.6 Å². The number of rotatable bonds is 3. The molecule has 0 saturated carbocycles. The molecule has 5 heterocycles. The molecule has 1 fully saturated rings. The van der Waals surface area contributed by atoms with Gasteiger partial charge in [-0.3, -0.25) is 0 Å². The minimum absolute atomic E-state index is 0.0689. The highest BCUT2D eigenvalue weighted by atomic mass is 16.5. The van der Waals surface area contributed by atoms with E-state index in [-0.39, 0.29) is 24.4 Å². The summed E-state index contributed by atoms with van der Waals surface area (Å²) in [5, 5.41) is 15.4. The number of aliphatic carboxylic acids is 1. The molecule has 3 aliphatic heterocycles. The van der Waals surface area contributed by atoms with Crippen LogP contribution in [0.5, 0.6) is 5.75 Å². The van der Waals surface area contributed by atoms with Gasteiger partial charge in [-0.1, -0.05) is 12.1 Å². The molecule has 0 aliphatic carbocycles. The largest absolute Gasteiger partial charge is 0.490 e. The number of ether oxygens (including phenoxy) is 4. The van der Waals surface area contributed by atoms with Crippen molar-refractivity contribution >= 4 is 17.4 Å². The summed E-state index contributed by atoms with van der Waals surface area (Å²) in [6.07, 6.45) is 3.14. The Morgan fingerprint density at radius 2 is 1.87 bits per heavy atom. The summed E-state index contributed by atoms with van der Waals surface area (Å²) in [4.78, 5) is 19.8. The first-order chi connectivity index (χ1) is 21.2. The third-order valence-electron chi connectivity index (χ3n) is 8.81. The molecule has 246 valence electrons. The van der Waals surface area contributed by atoms with Crippen molar-refractivity contribution in [3.8, 4) is 5.75 Å². The average molecular weight is 623 g/mol. The van der Waals surface area contributed by atoms with Gasteiger partial charge in [0, 0.05) is 37.0 Å². The maximum absolute atomic E-state index is 12.7. The Labute approximate surface area is 267 Å². The third kappa shape index (κ3) is 7.79. The fraction of sp³-hybridized carbons (Fsp3) is 0.629. The predicted octanol–water partition coefficient (Wildman–Crippen LogP) is 6.89. The molecular weight excluding hydrogens is 572 g/mol. The minimum Gasteiger partial charge on any atom is -0.490 e. The van der Waals surface area contributed by atoms with Gasteiger partial charge in [-0.25, -0.2) is 9.78 Å². The fourth-order valence-electron chi connectivity index (χ4n) is 6.27. The maximum Gasteiger partial charge on any atom is 0.337 e. The highest BCUT2D eigenvalue weighted by molar-refractivity contribution is 5.78. The van der Waals surface area contributed by atoms with E-state index in [2.05, 4.69) is 43.9 Å². The number of nitrogens with zero attached hydrogens (tertiary/aromatic N) is 4. The Morgan fingerprint density at radius 3 is 2.56 bits per heavy atom. The summed E-state index contributed by atoms with van der Waals surface area (Å²) in [7, 11) is 0. The van der Waals surface area contributed by atoms with E-state index in [4.69, 9.17) is 29.0 Å². The van der Waals surface area contributed by atoms with Crippen LogP contribution in [0.1, 0.15) is 114 Å². The monoisotopic (exact) mass is 622 g/mol. The van der Waals surface area contributed by atoms with Gasteiger partial charge in [0.05, 0.1) is 41.3 Å². The smallest absolute Gasteiger partial charge is 0.337 e. The normalized spacial score (nSPS) is 24.3. The number of aryl methyl sites for hydroxylation is 2. The highest BCUT2D eigenvalue weighted by Crippen LogP contribution is 2.38. The van der Waals surface area contributed by atoms with Gasteiger partial charge in [0.2, 0.25) is 0 Å². The molecule has 2 aromatic heterocycles. The van der Waals surface area contributed by atoms with Crippen molar-refractivity contribution in [1.82, 2.24) is 14.6 Å². The number of carbonyl (C=O) groups is 1. The van der Waals surface area contributed by atoms with Crippen LogP contribution in [0.15, 0.2) is 24.3 Å². The van der Waals surface area contributed by atoms with E-state index in [9.17, 15) is 9.90 Å². The van der Waals surface area contributed by atoms with Gasteiger partial charge in [-0.2, -0.15) is 9.61 Å². The first kappa shape index (κ1) is 33.2. The molecule has 1 aromatic carbocycles. The van der Waals surface area contributed by atoms with E-state index in [1.54, 1.807) is 4.52 Å². The second kappa shape index (κ2) is 13.3. The van der Waals surface area contributed by atoms with Crippen LogP contribution < -0.4 is 9.64 Å². The van der Waals surface area contributed by atoms with Gasteiger partial charge >= 0.3 is 5.97 Å². The van der Waals surface area contributed by atoms with E-state index in [0.717, 1.165) is 49.0 Å². The van der Waals surface area contributed by atoms with Gasteiger partial charge < -0.3 is 29.0 Å². The summed E-state index contributed by atoms with van der Waals surface area (Å²) in [5.74, 6) is 0.487. The molecule has 10 nitrogen and oxygen atoms in total. The highest BCUT2D eigenvalue weighted by Gasteiger charge is 2.38. The lowest BCUT2D eigenvalue weighted by atomic mass is 9.92. The zero-order valence-electron chi connectivity index (χ0n) is 28.2. The minimum atomic E-state index is -1.21. The number of piperidine rings is 1. The second-order valence-electron chi connectivity index (χ2n) is 14.0. The number of hydrogen-bond donors (Lipinski definition) is 1. The van der Waals surface area contributed by atoms with Gasteiger partial charge in [0.25, 0.3) is 0 Å². The zero-order chi connectivity index (χ0) is 32.5. The van der Waals surface area contributed by atoms with Crippen LogP contribution in [0.2, 0.25) is 0 Å². The Bertz CT molecular complexity index is 1500. The molecule has 45 heavy (non-hydrogen) atoms. The van der Waals surface area contributed by atoms with Crippen molar-refractivity contribution in [2.45, 2.75) is 124 Å². The number of hydrogen-bond acceptors (Lipinski definition) is 8. The predicted molar refractivity (Wildman–Crippen MR) is 173 cm³/mol. The SMILES string of the molecule is Cc1ccc2c(c1)O[C@@H](C)CCCCOC1(C)CCN(CC1)c1c([C@H](OC(C)(C)C)C(=O)O)c(C)nc3cc(nn13)CO[C@H]2C. The van der Waals surface area contributed by atoms with E-state index in [0.29, 0.717) is 48.1 Å². The first-order valence-corrected chi connectivity index (χ1v) is 16.3. The molecular formula is C35H50N4O6. The topological polar surface area (TPSA) is 108 Å². The molecule has 0 spiro atoms. The standard InChI is InChI=1S/C35H50N4O6/c1-22-12-13-27-25(4)42-21-26-20-29-36-24(3)30(31(33(40)41)45-34(5,6)7)32(39(29)37-26)38-16-14-35(8,15-17-38)43-18-10-9-11-23(2)44-28(27)19-22/h12-13,19-20,23,25,31H,9-11,14-18,21H2,1-8H3,(H,40,41)/t23-,25-,31-/m0/s1. The molecule has 0 unspecified atom stereocenters. The van der Waals surface area contributed by atoms with Crippen LogP contribution in [0.4, 0.5) is 5.82 Å². The number of carboxylic acids is 1. The van der Waals surface area contributed by atoms with Crippen molar-refractivity contribution in [2.24, 2.45) is 0 Å². The van der Waals surface area contributed by atoms with Crippen molar-refractivity contribution in [3.05, 3.63) is 52.3 Å². The molecule has 10 heteroatoms. The van der Waals surface area contributed by atoms with Crippen molar-refractivity contribution in [2.75, 3.05) is 24.6 Å². The molecule has 4 bridgehead atoms. The maximum atomic E-state index is 12.7. The summed E-state index contributed by atoms with van der Waals surface area (Å²) < 4.78 is 27.3. The molecule has 1 saturated heterocycles. The number of anilines is 1. The second-order valence-corrected chi connectivity index (χ2v) is 14.0. The molecule has 0 amide bonds. The van der Waals surface area contributed by atoms with E-state index >= 15 is 0 Å². The van der Waals surface area contributed by atoms with Crippen molar-refractivity contribution < 1.29 is 28.8 Å². The number of fused-ring (bicyclic) bond motifs is 10. The Balaban J connectivity index is 1.58. The molecule has 6 rings (SSSR count). The molecule has 0 radical (unpaired) electrons. The van der Waals surface area contributed by atoms with Gasteiger partial charge in [-0.05, 0) is 99.1 Å². The van der Waals surface area contributed by atoms with Gasteiger partial charge in [0.15, 0.2) is 11.8 Å². The Morgan fingerprint density at radius 1 is 1.13 bits per heavy atom. The van der Waals surface area contributed by atoms with Crippen LogP contribution in [-0.4, -0.2) is 62.7 Å². The quantitative estimate of drug-likeness (QED) is 0.334. The van der Waals surface area contributed by atoms with Crippen LogP contribution >= 0.6 is 0 Å². The molecule has 1 N–H and O–H groups in total. The lowest BCUT2D eigenvalue weighted by molar-refractivity contribution is -0.160. The number of carboxylic acid groups (broad SMARTS) is 1. The van der Waals surface area contributed by atoms with E-state index < -0.39 is 17.7 Å². The van der Waals surface area contributed by atoms with Crippen LogP contribution in [0.25, 0.3) is 5.65 Å².